The topological polar surface area (TPSA) is 0 Å². The highest BCUT2D eigenvalue weighted by atomic mass is 32.1. The van der Waals surface area contributed by atoms with Gasteiger partial charge in [-0.05, 0) is 56.2 Å². The van der Waals surface area contributed by atoms with Crippen molar-refractivity contribution in [2.75, 3.05) is 0 Å². The molecule has 0 aliphatic rings. The Bertz CT molecular complexity index is 745. The molecule has 3 rings (SSSR count). The summed E-state index contributed by atoms with van der Waals surface area (Å²) in [5, 5.41) is 0. The Labute approximate surface area is 158 Å². The van der Waals surface area contributed by atoms with Crippen LogP contribution in [0.5, 0.6) is 0 Å². The van der Waals surface area contributed by atoms with Crippen LogP contribution >= 0.6 is 34.0 Å². The predicted molar refractivity (Wildman–Crippen MR) is 113 cm³/mol. The fourth-order valence-corrected chi connectivity index (χ4v) is 6.00. The van der Waals surface area contributed by atoms with Crippen molar-refractivity contribution in [1.82, 2.24) is 0 Å². The van der Waals surface area contributed by atoms with Crippen LogP contribution in [-0.4, -0.2) is 0 Å². The van der Waals surface area contributed by atoms with Gasteiger partial charge in [0.15, 0.2) is 0 Å². The molecule has 0 nitrogen and oxygen atoms in total. The molecule has 0 radical (unpaired) electrons. The molecule has 0 aliphatic carbocycles. The summed E-state index contributed by atoms with van der Waals surface area (Å²) in [6.45, 7) is 4.46. The minimum Gasteiger partial charge on any atom is -0.140 e. The van der Waals surface area contributed by atoms with E-state index in [0.29, 0.717) is 0 Å². The molecule has 3 heteroatoms. The molecule has 0 amide bonds. The normalized spacial score (nSPS) is 11.2. The molecule has 0 aromatic carbocycles. The van der Waals surface area contributed by atoms with Crippen LogP contribution in [0.15, 0.2) is 36.4 Å². The summed E-state index contributed by atoms with van der Waals surface area (Å²) >= 11 is 5.79. The lowest BCUT2D eigenvalue weighted by Gasteiger charge is -1.99. The number of thiophene rings is 3. The minimum atomic E-state index is 1.25. The van der Waals surface area contributed by atoms with E-state index in [9.17, 15) is 0 Å². The molecular formula is C21H26S3. The molecule has 0 saturated heterocycles. The third-order valence-corrected chi connectivity index (χ3v) is 7.89. The van der Waals surface area contributed by atoms with E-state index in [1.54, 1.807) is 4.88 Å². The Kier molecular flexibility index (Phi) is 6.70. The Morgan fingerprint density at radius 3 is 1.92 bits per heavy atom. The zero-order valence-corrected chi connectivity index (χ0v) is 17.1. The van der Waals surface area contributed by atoms with E-state index >= 15 is 0 Å². The number of aryl methyl sites for hydroxylation is 2. The van der Waals surface area contributed by atoms with Crippen LogP contribution in [0.3, 0.4) is 0 Å². The van der Waals surface area contributed by atoms with E-state index in [-0.39, 0.29) is 0 Å². The van der Waals surface area contributed by atoms with Crippen molar-refractivity contribution in [3.8, 4) is 19.5 Å². The van der Waals surface area contributed by atoms with Gasteiger partial charge in [0, 0.05) is 29.3 Å². The fraction of sp³-hybridized carbons (Fsp3) is 0.429. The molecule has 0 N–H and O–H groups in total. The van der Waals surface area contributed by atoms with Gasteiger partial charge in [-0.1, -0.05) is 39.0 Å². The lowest BCUT2D eigenvalue weighted by molar-refractivity contribution is 0.609. The smallest absolute Gasteiger partial charge is 0.0449 e. The van der Waals surface area contributed by atoms with Gasteiger partial charge >= 0.3 is 0 Å². The number of unbranched alkanes of at least 4 members (excludes halogenated alkanes) is 5. The third kappa shape index (κ3) is 4.81. The Morgan fingerprint density at radius 2 is 1.21 bits per heavy atom. The molecule has 0 saturated carbocycles. The molecule has 128 valence electrons. The van der Waals surface area contributed by atoms with Crippen molar-refractivity contribution in [3.05, 3.63) is 46.2 Å². The van der Waals surface area contributed by atoms with Crippen LogP contribution in [0.1, 0.15) is 55.2 Å². The van der Waals surface area contributed by atoms with Gasteiger partial charge in [-0.3, -0.25) is 0 Å². The monoisotopic (exact) mass is 374 g/mol. The number of hydrogen-bond acceptors (Lipinski definition) is 3. The zero-order chi connectivity index (χ0) is 16.8. The molecule has 3 heterocycles. The first-order valence-electron chi connectivity index (χ1n) is 9.02. The first-order valence-corrected chi connectivity index (χ1v) is 11.5. The maximum Gasteiger partial charge on any atom is 0.0449 e. The first-order chi connectivity index (χ1) is 11.8. The molecule has 0 bridgehead atoms. The summed E-state index contributed by atoms with van der Waals surface area (Å²) in [7, 11) is 0. The highest BCUT2D eigenvalue weighted by Crippen LogP contribution is 2.39. The van der Waals surface area contributed by atoms with E-state index in [1.807, 2.05) is 34.0 Å². The summed E-state index contributed by atoms with van der Waals surface area (Å²) in [4.78, 5) is 8.57. The van der Waals surface area contributed by atoms with Gasteiger partial charge in [-0.25, -0.2) is 0 Å². The standard InChI is InChI=1S/C21H26S3/c1-3-4-5-6-7-8-9-17-11-13-19(23-17)21-15-14-20(24-21)18-12-10-16(2)22-18/h10-15H,3-9H2,1-2H3. The predicted octanol–water partition coefficient (Wildman–Crippen LogP) is 8.42. The SMILES string of the molecule is CCCCCCCCc1ccc(-c2ccc(-c3ccc(C)s3)s2)s1. The second-order valence-electron chi connectivity index (χ2n) is 6.36. The second-order valence-corrected chi connectivity index (χ2v) is 9.90. The van der Waals surface area contributed by atoms with Crippen molar-refractivity contribution >= 4 is 34.0 Å². The highest BCUT2D eigenvalue weighted by Gasteiger charge is 2.09. The van der Waals surface area contributed by atoms with E-state index in [0.717, 1.165) is 0 Å². The van der Waals surface area contributed by atoms with Crippen molar-refractivity contribution in [2.24, 2.45) is 0 Å². The maximum absolute atomic E-state index is 2.33. The molecule has 0 spiro atoms. The van der Waals surface area contributed by atoms with Gasteiger partial charge in [0.05, 0.1) is 0 Å². The minimum absolute atomic E-state index is 1.25. The highest BCUT2D eigenvalue weighted by molar-refractivity contribution is 7.26. The Balaban J connectivity index is 1.55. The lowest BCUT2D eigenvalue weighted by atomic mass is 10.1. The molecule has 0 unspecified atom stereocenters. The first kappa shape index (κ1) is 17.9. The van der Waals surface area contributed by atoms with Crippen molar-refractivity contribution < 1.29 is 0 Å². The van der Waals surface area contributed by atoms with Crippen LogP contribution in [0.4, 0.5) is 0 Å². The van der Waals surface area contributed by atoms with Gasteiger partial charge in [-0.2, -0.15) is 0 Å². The number of rotatable bonds is 9. The summed E-state index contributed by atoms with van der Waals surface area (Å²) in [5.74, 6) is 0. The van der Waals surface area contributed by atoms with Gasteiger partial charge in [0.25, 0.3) is 0 Å². The summed E-state index contributed by atoms with van der Waals surface area (Å²) < 4.78 is 0. The zero-order valence-electron chi connectivity index (χ0n) is 14.6. The largest absolute Gasteiger partial charge is 0.140 e. The molecule has 0 atom stereocenters. The second kappa shape index (κ2) is 8.98. The van der Waals surface area contributed by atoms with Gasteiger partial charge in [0.1, 0.15) is 0 Å². The number of hydrogen-bond donors (Lipinski definition) is 0. The van der Waals surface area contributed by atoms with Gasteiger partial charge < -0.3 is 0 Å². The Hall–Kier alpha value is -0.900. The van der Waals surface area contributed by atoms with E-state index in [2.05, 4.69) is 50.2 Å². The van der Waals surface area contributed by atoms with Crippen molar-refractivity contribution in [3.63, 3.8) is 0 Å². The van der Waals surface area contributed by atoms with E-state index < -0.39 is 0 Å². The molecule has 3 aromatic heterocycles. The van der Waals surface area contributed by atoms with E-state index in [1.165, 1.54) is 69.3 Å². The fourth-order valence-electron chi connectivity index (χ4n) is 2.89. The van der Waals surface area contributed by atoms with Crippen molar-refractivity contribution in [2.45, 2.75) is 58.8 Å². The molecular weight excluding hydrogens is 348 g/mol. The molecule has 0 fully saturated rings. The molecule has 3 aromatic rings. The molecule has 0 aliphatic heterocycles. The Morgan fingerprint density at radius 1 is 0.625 bits per heavy atom. The van der Waals surface area contributed by atoms with Crippen LogP contribution in [0, 0.1) is 6.92 Å². The van der Waals surface area contributed by atoms with Crippen LogP contribution in [0.25, 0.3) is 19.5 Å². The molecule has 24 heavy (non-hydrogen) atoms. The van der Waals surface area contributed by atoms with Gasteiger partial charge in [0.2, 0.25) is 0 Å². The average Bonchev–Trinajstić information content (AvgIpc) is 3.30. The maximum atomic E-state index is 2.33. The summed E-state index contributed by atoms with van der Waals surface area (Å²) in [5.41, 5.74) is 0. The van der Waals surface area contributed by atoms with Gasteiger partial charge in [-0.15, -0.1) is 34.0 Å². The van der Waals surface area contributed by atoms with Crippen molar-refractivity contribution in [1.29, 1.82) is 0 Å². The summed E-state index contributed by atoms with van der Waals surface area (Å²) in [6.07, 6.45) is 9.52. The quantitative estimate of drug-likeness (QED) is 0.330. The lowest BCUT2D eigenvalue weighted by Crippen LogP contribution is -1.82. The van der Waals surface area contributed by atoms with Crippen LogP contribution in [0.2, 0.25) is 0 Å². The van der Waals surface area contributed by atoms with E-state index in [4.69, 9.17) is 0 Å². The summed E-state index contributed by atoms with van der Waals surface area (Å²) in [6, 6.07) is 13.7. The average molecular weight is 375 g/mol. The third-order valence-electron chi connectivity index (χ3n) is 4.27. The van der Waals surface area contributed by atoms with Crippen LogP contribution < -0.4 is 0 Å². The van der Waals surface area contributed by atoms with Crippen LogP contribution in [-0.2, 0) is 6.42 Å².